The second-order valence-electron chi connectivity index (χ2n) is 8.12. The topological polar surface area (TPSA) is 83.6 Å². The van der Waals surface area contributed by atoms with Gasteiger partial charge in [0, 0.05) is 31.0 Å². The Morgan fingerprint density at radius 2 is 1.87 bits per heavy atom. The molecule has 2 atom stereocenters. The highest BCUT2D eigenvalue weighted by Crippen LogP contribution is 2.28. The number of carbonyl (C=O) groups excluding carboxylic acids is 4. The van der Waals surface area contributed by atoms with Crippen molar-refractivity contribution in [2.24, 2.45) is 0 Å². The second-order valence-corrected chi connectivity index (χ2v) is 8.12. The number of hydrogen-bond donors (Lipinski definition) is 1. The van der Waals surface area contributed by atoms with Gasteiger partial charge in [0.25, 0.3) is 5.91 Å². The van der Waals surface area contributed by atoms with Gasteiger partial charge >= 0.3 is 0 Å². The van der Waals surface area contributed by atoms with Gasteiger partial charge in [-0.3, -0.25) is 19.2 Å². The largest absolute Gasteiger partial charge is 0.353 e. The molecule has 2 rings (SSSR count). The fourth-order valence-electron chi connectivity index (χ4n) is 4.00. The van der Waals surface area contributed by atoms with Crippen LogP contribution < -0.4 is 5.32 Å². The molecule has 0 aromatic heterocycles. The van der Waals surface area contributed by atoms with Crippen LogP contribution in [0, 0.1) is 0 Å². The number of carbonyl (C=O) groups is 4. The van der Waals surface area contributed by atoms with Gasteiger partial charge in [-0.2, -0.15) is 0 Å². The van der Waals surface area contributed by atoms with E-state index in [1.807, 2.05) is 12.1 Å². The van der Waals surface area contributed by atoms with Crippen LogP contribution in [0.3, 0.4) is 0 Å². The Bertz CT molecular complexity index is 802. The number of ketones is 2. The van der Waals surface area contributed by atoms with E-state index in [0.717, 1.165) is 30.4 Å². The molecule has 0 saturated heterocycles. The third-order valence-electron chi connectivity index (χ3n) is 5.80. The van der Waals surface area contributed by atoms with E-state index in [-0.39, 0.29) is 35.8 Å². The SMILES string of the molecule is CCCC(CC)NC(=O)Cc1ccc2c(c1)CN(C(CCC(=O)CC)C(C)=O)C2=O. The summed E-state index contributed by atoms with van der Waals surface area (Å²) in [4.78, 5) is 50.7. The lowest BCUT2D eigenvalue weighted by atomic mass is 10.0. The van der Waals surface area contributed by atoms with Crippen LogP contribution in [0.5, 0.6) is 0 Å². The van der Waals surface area contributed by atoms with Crippen molar-refractivity contribution in [2.75, 3.05) is 0 Å². The molecule has 1 aromatic rings. The standard InChI is InChI=1S/C24H34N2O4/c1-5-8-19(6-2)25-23(29)14-17-9-11-21-18(13-17)15-26(24(21)30)22(16(4)27)12-10-20(28)7-3/h9,11,13,19,22H,5-8,10,12,14-15H2,1-4H3,(H,25,29). The quantitative estimate of drug-likeness (QED) is 0.566. The first-order valence-corrected chi connectivity index (χ1v) is 11.0. The predicted molar refractivity (Wildman–Crippen MR) is 116 cm³/mol. The van der Waals surface area contributed by atoms with Gasteiger partial charge in [0.1, 0.15) is 5.78 Å². The Balaban J connectivity index is 2.08. The number of amides is 2. The van der Waals surface area contributed by atoms with Gasteiger partial charge in [0.05, 0.1) is 12.5 Å². The molecule has 164 valence electrons. The summed E-state index contributed by atoms with van der Waals surface area (Å²) >= 11 is 0. The zero-order chi connectivity index (χ0) is 22.3. The molecule has 1 aliphatic heterocycles. The number of fused-ring (bicyclic) bond motifs is 1. The number of nitrogens with one attached hydrogen (secondary N) is 1. The maximum atomic E-state index is 12.9. The molecule has 0 spiro atoms. The Hall–Kier alpha value is -2.50. The third-order valence-corrected chi connectivity index (χ3v) is 5.80. The maximum Gasteiger partial charge on any atom is 0.255 e. The van der Waals surface area contributed by atoms with Gasteiger partial charge in [-0.1, -0.05) is 39.3 Å². The number of Topliss-reactive ketones (excluding diaryl/α,β-unsaturated/α-hetero) is 2. The zero-order valence-corrected chi connectivity index (χ0v) is 18.6. The Kier molecular flexibility index (Phi) is 8.75. The summed E-state index contributed by atoms with van der Waals surface area (Å²) in [7, 11) is 0. The minimum atomic E-state index is -0.591. The van der Waals surface area contributed by atoms with E-state index >= 15 is 0 Å². The summed E-state index contributed by atoms with van der Waals surface area (Å²) in [6, 6.07) is 5.05. The van der Waals surface area contributed by atoms with Crippen LogP contribution in [0.15, 0.2) is 18.2 Å². The van der Waals surface area contributed by atoms with E-state index in [0.29, 0.717) is 31.4 Å². The van der Waals surface area contributed by atoms with Gasteiger partial charge in [-0.05, 0) is 43.4 Å². The van der Waals surface area contributed by atoms with Crippen LogP contribution >= 0.6 is 0 Å². The van der Waals surface area contributed by atoms with E-state index in [4.69, 9.17) is 0 Å². The van der Waals surface area contributed by atoms with E-state index in [9.17, 15) is 19.2 Å². The molecule has 0 aliphatic carbocycles. The molecule has 0 fully saturated rings. The summed E-state index contributed by atoms with van der Waals surface area (Å²) in [5, 5.41) is 3.07. The molecule has 1 N–H and O–H groups in total. The molecular formula is C24H34N2O4. The first kappa shape index (κ1) is 23.8. The first-order valence-electron chi connectivity index (χ1n) is 11.0. The van der Waals surface area contributed by atoms with E-state index in [2.05, 4.69) is 19.2 Å². The zero-order valence-electron chi connectivity index (χ0n) is 18.6. The van der Waals surface area contributed by atoms with E-state index in [1.54, 1.807) is 17.9 Å². The molecule has 6 nitrogen and oxygen atoms in total. The van der Waals surface area contributed by atoms with Crippen molar-refractivity contribution in [3.05, 3.63) is 34.9 Å². The molecular weight excluding hydrogens is 380 g/mol. The normalized spacial score (nSPS) is 14.9. The number of benzene rings is 1. The number of hydrogen-bond acceptors (Lipinski definition) is 4. The summed E-state index contributed by atoms with van der Waals surface area (Å²) in [5.74, 6) is -0.219. The Morgan fingerprint density at radius 1 is 1.13 bits per heavy atom. The van der Waals surface area contributed by atoms with Crippen LogP contribution in [0.1, 0.15) is 87.7 Å². The van der Waals surface area contributed by atoms with Crippen LogP contribution in [-0.4, -0.2) is 40.4 Å². The van der Waals surface area contributed by atoms with Crippen LogP contribution in [0.4, 0.5) is 0 Å². The monoisotopic (exact) mass is 414 g/mol. The molecule has 2 amide bonds. The molecule has 1 heterocycles. The van der Waals surface area contributed by atoms with Crippen molar-refractivity contribution < 1.29 is 19.2 Å². The lowest BCUT2D eigenvalue weighted by molar-refractivity contribution is -0.123. The minimum absolute atomic E-state index is 0.0175. The van der Waals surface area contributed by atoms with Crippen molar-refractivity contribution in [1.82, 2.24) is 10.2 Å². The first-order chi connectivity index (χ1) is 14.3. The highest BCUT2D eigenvalue weighted by molar-refractivity contribution is 6.01. The average Bonchev–Trinajstić information content (AvgIpc) is 3.02. The highest BCUT2D eigenvalue weighted by Gasteiger charge is 2.35. The summed E-state index contributed by atoms with van der Waals surface area (Å²) < 4.78 is 0. The molecule has 1 aliphatic rings. The summed E-state index contributed by atoms with van der Waals surface area (Å²) in [6.45, 7) is 7.76. The summed E-state index contributed by atoms with van der Waals surface area (Å²) in [5.41, 5.74) is 2.26. The van der Waals surface area contributed by atoms with Crippen molar-refractivity contribution >= 4 is 23.4 Å². The van der Waals surface area contributed by atoms with Crippen LogP contribution in [0.25, 0.3) is 0 Å². The minimum Gasteiger partial charge on any atom is -0.353 e. The molecule has 0 radical (unpaired) electrons. The van der Waals surface area contributed by atoms with Crippen LogP contribution in [-0.2, 0) is 27.3 Å². The fourth-order valence-corrected chi connectivity index (χ4v) is 4.00. The lowest BCUT2D eigenvalue weighted by Crippen LogP contribution is -2.40. The van der Waals surface area contributed by atoms with Crippen molar-refractivity contribution in [1.29, 1.82) is 0 Å². The van der Waals surface area contributed by atoms with Crippen molar-refractivity contribution in [3.63, 3.8) is 0 Å². The van der Waals surface area contributed by atoms with Gasteiger partial charge in [-0.25, -0.2) is 0 Å². The molecule has 30 heavy (non-hydrogen) atoms. The Morgan fingerprint density at radius 3 is 2.47 bits per heavy atom. The predicted octanol–water partition coefficient (Wildman–Crippen LogP) is 3.60. The van der Waals surface area contributed by atoms with E-state index in [1.165, 1.54) is 6.92 Å². The lowest BCUT2D eigenvalue weighted by Gasteiger charge is -2.25. The van der Waals surface area contributed by atoms with Crippen LogP contribution in [0.2, 0.25) is 0 Å². The molecule has 2 unspecified atom stereocenters. The summed E-state index contributed by atoms with van der Waals surface area (Å²) in [6.07, 6.45) is 4.24. The maximum absolute atomic E-state index is 12.9. The number of nitrogens with zero attached hydrogens (tertiary/aromatic N) is 1. The van der Waals surface area contributed by atoms with Gasteiger partial charge in [0.15, 0.2) is 5.78 Å². The second kappa shape index (κ2) is 11.0. The molecule has 6 heteroatoms. The highest BCUT2D eigenvalue weighted by atomic mass is 16.2. The van der Waals surface area contributed by atoms with Gasteiger partial charge < -0.3 is 10.2 Å². The average molecular weight is 415 g/mol. The smallest absolute Gasteiger partial charge is 0.255 e. The Labute approximate surface area is 179 Å². The fraction of sp³-hybridized carbons (Fsp3) is 0.583. The third kappa shape index (κ3) is 6.00. The van der Waals surface area contributed by atoms with E-state index < -0.39 is 6.04 Å². The van der Waals surface area contributed by atoms with Crippen molar-refractivity contribution in [3.8, 4) is 0 Å². The van der Waals surface area contributed by atoms with Gasteiger partial charge in [0.2, 0.25) is 5.91 Å². The van der Waals surface area contributed by atoms with Crippen molar-refractivity contribution in [2.45, 2.75) is 91.3 Å². The van der Waals surface area contributed by atoms with Gasteiger partial charge in [-0.15, -0.1) is 0 Å². The number of rotatable bonds is 12. The molecule has 0 saturated carbocycles. The molecule has 1 aromatic carbocycles. The molecule has 0 bridgehead atoms.